The van der Waals surface area contributed by atoms with Gasteiger partial charge >= 0.3 is 0 Å². The van der Waals surface area contributed by atoms with Crippen LogP contribution in [-0.4, -0.2) is 12.5 Å². The van der Waals surface area contributed by atoms with Gasteiger partial charge in [0, 0.05) is 22.2 Å². The van der Waals surface area contributed by atoms with E-state index >= 15 is 0 Å². The SMILES string of the molecule is CCCCCNC(=O)C#Cc1ccc(-c2cccs2)s1. The molecule has 4 heteroatoms. The Bertz CT molecular complexity index is 602. The number of rotatable bonds is 5. The van der Waals surface area contributed by atoms with Crippen LogP contribution >= 0.6 is 22.7 Å². The lowest BCUT2D eigenvalue weighted by atomic mass is 10.2. The predicted molar refractivity (Wildman–Crippen MR) is 87.0 cm³/mol. The molecule has 0 aliphatic rings. The first kappa shape index (κ1) is 14.8. The van der Waals surface area contributed by atoms with Crippen LogP contribution in [0.4, 0.5) is 0 Å². The second-order valence-electron chi connectivity index (χ2n) is 4.35. The van der Waals surface area contributed by atoms with Crippen molar-refractivity contribution in [2.75, 3.05) is 6.54 Å². The maximum Gasteiger partial charge on any atom is 0.296 e. The van der Waals surface area contributed by atoms with E-state index < -0.39 is 0 Å². The summed E-state index contributed by atoms with van der Waals surface area (Å²) in [6.45, 7) is 2.86. The summed E-state index contributed by atoms with van der Waals surface area (Å²) >= 11 is 3.33. The lowest BCUT2D eigenvalue weighted by Gasteiger charge is -1.98. The van der Waals surface area contributed by atoms with Gasteiger partial charge in [0.15, 0.2) is 0 Å². The van der Waals surface area contributed by atoms with Crippen molar-refractivity contribution < 1.29 is 4.79 Å². The summed E-state index contributed by atoms with van der Waals surface area (Å²) in [6, 6.07) is 8.15. The first-order valence-corrected chi connectivity index (χ1v) is 8.43. The van der Waals surface area contributed by atoms with Crippen LogP contribution in [0.5, 0.6) is 0 Å². The van der Waals surface area contributed by atoms with Gasteiger partial charge in [0.1, 0.15) is 0 Å². The smallest absolute Gasteiger partial charge is 0.296 e. The molecule has 0 saturated heterocycles. The van der Waals surface area contributed by atoms with Crippen molar-refractivity contribution in [3.05, 3.63) is 34.5 Å². The van der Waals surface area contributed by atoms with E-state index in [1.54, 1.807) is 22.7 Å². The first-order valence-electron chi connectivity index (χ1n) is 6.73. The molecule has 2 aromatic rings. The van der Waals surface area contributed by atoms with Crippen molar-refractivity contribution in [2.24, 2.45) is 0 Å². The Morgan fingerprint density at radius 1 is 1.25 bits per heavy atom. The monoisotopic (exact) mass is 303 g/mol. The molecule has 0 bridgehead atoms. The zero-order valence-electron chi connectivity index (χ0n) is 11.4. The van der Waals surface area contributed by atoms with Crippen LogP contribution in [0.15, 0.2) is 29.6 Å². The van der Waals surface area contributed by atoms with Crippen LogP contribution in [0.1, 0.15) is 31.1 Å². The summed E-state index contributed by atoms with van der Waals surface area (Å²) < 4.78 is 0. The van der Waals surface area contributed by atoms with Crippen LogP contribution < -0.4 is 5.32 Å². The summed E-state index contributed by atoms with van der Waals surface area (Å²) in [4.78, 5) is 14.9. The van der Waals surface area contributed by atoms with E-state index in [0.717, 1.165) is 24.1 Å². The second kappa shape index (κ2) is 7.88. The maximum absolute atomic E-state index is 11.5. The highest BCUT2D eigenvalue weighted by Gasteiger charge is 2.02. The quantitative estimate of drug-likeness (QED) is 0.653. The topological polar surface area (TPSA) is 29.1 Å². The van der Waals surface area contributed by atoms with Crippen molar-refractivity contribution in [3.8, 4) is 21.6 Å². The molecule has 104 valence electrons. The van der Waals surface area contributed by atoms with E-state index in [4.69, 9.17) is 0 Å². The molecule has 2 rings (SSSR count). The molecule has 0 radical (unpaired) electrons. The molecule has 2 nitrogen and oxygen atoms in total. The van der Waals surface area contributed by atoms with Gasteiger partial charge in [-0.05, 0) is 35.9 Å². The van der Waals surface area contributed by atoms with Crippen LogP contribution in [-0.2, 0) is 4.79 Å². The minimum atomic E-state index is -0.188. The van der Waals surface area contributed by atoms with E-state index in [-0.39, 0.29) is 5.91 Å². The number of thiophene rings is 2. The summed E-state index contributed by atoms with van der Waals surface area (Å²) in [5, 5.41) is 4.88. The van der Waals surface area contributed by atoms with Crippen molar-refractivity contribution >= 4 is 28.6 Å². The maximum atomic E-state index is 11.5. The fourth-order valence-electron chi connectivity index (χ4n) is 1.70. The zero-order chi connectivity index (χ0) is 14.2. The molecule has 0 saturated carbocycles. The molecule has 0 unspecified atom stereocenters. The Morgan fingerprint density at radius 3 is 2.90 bits per heavy atom. The number of hydrogen-bond donors (Lipinski definition) is 1. The van der Waals surface area contributed by atoms with Crippen LogP contribution in [0, 0.1) is 11.8 Å². The van der Waals surface area contributed by atoms with E-state index in [2.05, 4.69) is 41.6 Å². The minimum Gasteiger partial charge on any atom is -0.345 e. The Kier molecular flexibility index (Phi) is 5.85. The molecular weight excluding hydrogens is 286 g/mol. The Morgan fingerprint density at radius 2 is 2.15 bits per heavy atom. The Balaban J connectivity index is 1.88. The van der Waals surface area contributed by atoms with Gasteiger partial charge in [-0.15, -0.1) is 22.7 Å². The molecule has 2 heterocycles. The number of unbranched alkanes of at least 4 members (excludes halogenated alkanes) is 2. The Labute approximate surface area is 127 Å². The van der Waals surface area contributed by atoms with Gasteiger partial charge in [0.25, 0.3) is 5.91 Å². The van der Waals surface area contributed by atoms with Crippen molar-refractivity contribution in [1.82, 2.24) is 5.32 Å². The number of hydrogen-bond acceptors (Lipinski definition) is 3. The fraction of sp³-hybridized carbons (Fsp3) is 0.312. The highest BCUT2D eigenvalue weighted by molar-refractivity contribution is 7.21. The molecule has 0 spiro atoms. The summed E-state index contributed by atoms with van der Waals surface area (Å²) in [5.41, 5.74) is 0. The van der Waals surface area contributed by atoms with E-state index in [9.17, 15) is 4.79 Å². The third-order valence-corrected chi connectivity index (χ3v) is 4.80. The average Bonchev–Trinajstić information content (AvgIpc) is 3.11. The molecule has 2 aromatic heterocycles. The first-order chi connectivity index (χ1) is 9.79. The van der Waals surface area contributed by atoms with Crippen LogP contribution in [0.3, 0.4) is 0 Å². The van der Waals surface area contributed by atoms with Gasteiger partial charge in [0.05, 0.1) is 4.88 Å². The lowest BCUT2D eigenvalue weighted by molar-refractivity contribution is -0.115. The van der Waals surface area contributed by atoms with Gasteiger partial charge in [0.2, 0.25) is 0 Å². The van der Waals surface area contributed by atoms with Crippen LogP contribution in [0.25, 0.3) is 9.75 Å². The largest absolute Gasteiger partial charge is 0.345 e. The predicted octanol–water partition coefficient (Wildman–Crippen LogP) is 4.13. The molecule has 0 aliphatic heterocycles. The van der Waals surface area contributed by atoms with Crippen LogP contribution in [0.2, 0.25) is 0 Å². The third-order valence-electron chi connectivity index (χ3n) is 2.74. The lowest BCUT2D eigenvalue weighted by Crippen LogP contribution is -2.22. The van der Waals surface area contributed by atoms with Gasteiger partial charge in [-0.3, -0.25) is 4.79 Å². The molecule has 1 amide bonds. The van der Waals surface area contributed by atoms with Gasteiger partial charge < -0.3 is 5.32 Å². The highest BCUT2D eigenvalue weighted by atomic mass is 32.1. The van der Waals surface area contributed by atoms with Gasteiger partial charge in [-0.1, -0.05) is 25.8 Å². The standard InChI is InChI=1S/C16H17NOS2/c1-2-3-4-11-17-16(18)10-8-13-7-9-15(20-13)14-6-5-12-19-14/h5-7,9,12H,2-4,11H2,1H3,(H,17,18). The molecule has 0 atom stereocenters. The van der Waals surface area contributed by atoms with Crippen molar-refractivity contribution in [3.63, 3.8) is 0 Å². The number of carbonyl (C=O) groups excluding carboxylic acids is 1. The van der Waals surface area contributed by atoms with E-state index in [1.165, 1.54) is 9.75 Å². The summed E-state index contributed by atoms with van der Waals surface area (Å²) in [7, 11) is 0. The fourth-order valence-corrected chi connectivity index (χ4v) is 3.39. The normalized spacial score (nSPS) is 9.85. The summed E-state index contributed by atoms with van der Waals surface area (Å²) in [6.07, 6.45) is 3.32. The molecular formula is C16H17NOS2. The number of carbonyl (C=O) groups is 1. The average molecular weight is 303 g/mol. The highest BCUT2D eigenvalue weighted by Crippen LogP contribution is 2.30. The van der Waals surface area contributed by atoms with Gasteiger partial charge in [-0.25, -0.2) is 0 Å². The van der Waals surface area contributed by atoms with Crippen molar-refractivity contribution in [2.45, 2.75) is 26.2 Å². The van der Waals surface area contributed by atoms with Gasteiger partial charge in [-0.2, -0.15) is 0 Å². The molecule has 0 aromatic carbocycles. The summed E-state index contributed by atoms with van der Waals surface area (Å²) in [5.74, 6) is 5.39. The van der Waals surface area contributed by atoms with E-state index in [1.807, 2.05) is 12.1 Å². The van der Waals surface area contributed by atoms with Crippen molar-refractivity contribution in [1.29, 1.82) is 0 Å². The Hall–Kier alpha value is -1.57. The second-order valence-corrected chi connectivity index (χ2v) is 6.39. The third kappa shape index (κ3) is 4.52. The number of amides is 1. The molecule has 1 N–H and O–H groups in total. The number of nitrogens with one attached hydrogen (secondary N) is 1. The molecule has 0 aliphatic carbocycles. The van der Waals surface area contributed by atoms with E-state index in [0.29, 0.717) is 6.54 Å². The molecule has 0 fully saturated rings. The molecule has 20 heavy (non-hydrogen) atoms. The zero-order valence-corrected chi connectivity index (χ0v) is 13.1. The minimum absolute atomic E-state index is 0.188.